The molecular formula is C12H15ClN2O2. The lowest BCUT2D eigenvalue weighted by atomic mass is 10.3. The summed E-state index contributed by atoms with van der Waals surface area (Å²) in [5.74, 6) is 0.891. The Morgan fingerprint density at radius 2 is 2.12 bits per heavy atom. The average molecular weight is 255 g/mol. The molecule has 17 heavy (non-hydrogen) atoms. The van der Waals surface area contributed by atoms with E-state index in [9.17, 15) is 0 Å². The fraction of sp³-hybridized carbons (Fsp3) is 0.417. The molecule has 1 aromatic heterocycles. The first-order valence-electron chi connectivity index (χ1n) is 5.39. The van der Waals surface area contributed by atoms with Gasteiger partial charge < -0.3 is 14.0 Å². The van der Waals surface area contributed by atoms with Crippen molar-refractivity contribution in [2.75, 3.05) is 20.8 Å². The molecular weight excluding hydrogens is 240 g/mol. The fourth-order valence-corrected chi connectivity index (χ4v) is 1.98. The van der Waals surface area contributed by atoms with E-state index < -0.39 is 0 Å². The van der Waals surface area contributed by atoms with Crippen molar-refractivity contribution in [1.29, 1.82) is 0 Å². The van der Waals surface area contributed by atoms with Gasteiger partial charge in [0.25, 0.3) is 0 Å². The second kappa shape index (κ2) is 5.49. The molecule has 1 heterocycles. The van der Waals surface area contributed by atoms with Crippen LogP contribution >= 0.6 is 11.6 Å². The van der Waals surface area contributed by atoms with E-state index in [2.05, 4.69) is 9.55 Å². The highest BCUT2D eigenvalue weighted by molar-refractivity contribution is 6.31. The first-order valence-corrected chi connectivity index (χ1v) is 5.76. The van der Waals surface area contributed by atoms with Gasteiger partial charge in [0, 0.05) is 25.8 Å². The lowest BCUT2D eigenvalue weighted by molar-refractivity contribution is 0.164. The predicted molar refractivity (Wildman–Crippen MR) is 67.3 cm³/mol. The number of imidazole rings is 1. The summed E-state index contributed by atoms with van der Waals surface area (Å²) >= 11 is 6.01. The third-order valence-corrected chi connectivity index (χ3v) is 2.82. The number of hydrogen-bond donors (Lipinski definition) is 0. The van der Waals surface area contributed by atoms with Crippen LogP contribution in [0.4, 0.5) is 0 Å². The van der Waals surface area contributed by atoms with Crippen molar-refractivity contribution >= 4 is 22.6 Å². The maximum Gasteiger partial charge on any atom is 0.136 e. The van der Waals surface area contributed by atoms with Crippen molar-refractivity contribution in [3.63, 3.8) is 0 Å². The maximum absolute atomic E-state index is 6.01. The summed E-state index contributed by atoms with van der Waals surface area (Å²) in [6.07, 6.45) is 0. The van der Waals surface area contributed by atoms with E-state index in [4.69, 9.17) is 21.1 Å². The summed E-state index contributed by atoms with van der Waals surface area (Å²) in [5, 5.41) is 0.708. The molecule has 2 rings (SSSR count). The first kappa shape index (κ1) is 12.4. The van der Waals surface area contributed by atoms with E-state index in [0.717, 1.165) is 23.4 Å². The van der Waals surface area contributed by atoms with Crippen LogP contribution in [0.15, 0.2) is 18.2 Å². The Morgan fingerprint density at radius 3 is 2.82 bits per heavy atom. The molecule has 0 N–H and O–H groups in total. The zero-order chi connectivity index (χ0) is 12.3. The van der Waals surface area contributed by atoms with Gasteiger partial charge in [-0.05, 0) is 18.2 Å². The molecule has 0 aliphatic heterocycles. The number of rotatable bonds is 5. The number of halogens is 1. The van der Waals surface area contributed by atoms with E-state index in [1.807, 2.05) is 18.2 Å². The molecule has 0 aliphatic rings. The van der Waals surface area contributed by atoms with Crippen molar-refractivity contribution in [3.05, 3.63) is 29.0 Å². The lowest BCUT2D eigenvalue weighted by Gasteiger charge is -2.07. The minimum atomic E-state index is 0.482. The molecule has 0 bridgehead atoms. The van der Waals surface area contributed by atoms with Gasteiger partial charge in [0.2, 0.25) is 0 Å². The molecule has 0 spiro atoms. The SMILES string of the molecule is COCCn1c(COC)nc2ccc(Cl)cc21. The van der Waals surface area contributed by atoms with Crippen LogP contribution in [0.25, 0.3) is 11.0 Å². The zero-order valence-electron chi connectivity index (χ0n) is 9.94. The Morgan fingerprint density at radius 1 is 1.29 bits per heavy atom. The van der Waals surface area contributed by atoms with E-state index >= 15 is 0 Å². The summed E-state index contributed by atoms with van der Waals surface area (Å²) < 4.78 is 12.3. The Kier molecular flexibility index (Phi) is 3.99. The molecule has 1 aromatic carbocycles. The van der Waals surface area contributed by atoms with Crippen molar-refractivity contribution in [2.45, 2.75) is 13.2 Å². The van der Waals surface area contributed by atoms with Gasteiger partial charge in [-0.15, -0.1) is 0 Å². The van der Waals surface area contributed by atoms with Crippen LogP contribution in [-0.4, -0.2) is 30.4 Å². The number of nitrogens with zero attached hydrogens (tertiary/aromatic N) is 2. The summed E-state index contributed by atoms with van der Waals surface area (Å²) in [6.45, 7) is 1.86. The van der Waals surface area contributed by atoms with E-state index in [1.165, 1.54) is 0 Å². The standard InChI is InChI=1S/C12H15ClN2O2/c1-16-6-5-15-11-7-9(13)3-4-10(11)14-12(15)8-17-2/h3-4,7H,5-6,8H2,1-2H3. The van der Waals surface area contributed by atoms with Crippen LogP contribution in [0, 0.1) is 0 Å². The molecule has 2 aromatic rings. The van der Waals surface area contributed by atoms with E-state index in [1.54, 1.807) is 14.2 Å². The summed E-state index contributed by atoms with van der Waals surface area (Å²) in [4.78, 5) is 4.52. The normalized spacial score (nSPS) is 11.2. The Balaban J connectivity index is 2.47. The average Bonchev–Trinajstić information content (AvgIpc) is 2.64. The lowest BCUT2D eigenvalue weighted by Crippen LogP contribution is -2.09. The Labute approximate surface area is 105 Å². The molecule has 0 unspecified atom stereocenters. The molecule has 0 atom stereocenters. The van der Waals surface area contributed by atoms with Crippen LogP contribution < -0.4 is 0 Å². The molecule has 0 saturated heterocycles. The van der Waals surface area contributed by atoms with Crippen molar-refractivity contribution in [3.8, 4) is 0 Å². The van der Waals surface area contributed by atoms with Gasteiger partial charge in [-0.1, -0.05) is 11.6 Å². The minimum absolute atomic E-state index is 0.482. The molecule has 92 valence electrons. The number of hydrogen-bond acceptors (Lipinski definition) is 3. The number of methoxy groups -OCH3 is 2. The molecule has 0 radical (unpaired) electrons. The van der Waals surface area contributed by atoms with Gasteiger partial charge in [-0.3, -0.25) is 0 Å². The van der Waals surface area contributed by atoms with Gasteiger partial charge in [0.15, 0.2) is 0 Å². The van der Waals surface area contributed by atoms with E-state index in [-0.39, 0.29) is 0 Å². The maximum atomic E-state index is 6.01. The molecule has 5 heteroatoms. The van der Waals surface area contributed by atoms with Crippen LogP contribution in [0.1, 0.15) is 5.82 Å². The number of aromatic nitrogens is 2. The highest BCUT2D eigenvalue weighted by Crippen LogP contribution is 2.21. The largest absolute Gasteiger partial charge is 0.383 e. The summed E-state index contributed by atoms with van der Waals surface area (Å²) in [5.41, 5.74) is 1.94. The predicted octanol–water partition coefficient (Wildman–Crippen LogP) is 2.48. The van der Waals surface area contributed by atoms with Gasteiger partial charge >= 0.3 is 0 Å². The smallest absolute Gasteiger partial charge is 0.136 e. The monoisotopic (exact) mass is 254 g/mol. The highest BCUT2D eigenvalue weighted by Gasteiger charge is 2.10. The Hall–Kier alpha value is -1.10. The van der Waals surface area contributed by atoms with Gasteiger partial charge in [-0.25, -0.2) is 4.98 Å². The molecule has 0 amide bonds. The summed E-state index contributed by atoms with van der Waals surface area (Å²) in [6, 6.07) is 5.67. The zero-order valence-corrected chi connectivity index (χ0v) is 10.7. The molecule has 0 aliphatic carbocycles. The second-order valence-corrected chi connectivity index (χ2v) is 4.17. The minimum Gasteiger partial charge on any atom is -0.383 e. The van der Waals surface area contributed by atoms with Crippen LogP contribution in [0.3, 0.4) is 0 Å². The van der Waals surface area contributed by atoms with Crippen molar-refractivity contribution < 1.29 is 9.47 Å². The molecule has 0 saturated carbocycles. The van der Waals surface area contributed by atoms with Crippen molar-refractivity contribution in [1.82, 2.24) is 9.55 Å². The fourth-order valence-electron chi connectivity index (χ4n) is 1.82. The molecule has 4 nitrogen and oxygen atoms in total. The van der Waals surface area contributed by atoms with Crippen LogP contribution in [-0.2, 0) is 22.6 Å². The third-order valence-electron chi connectivity index (χ3n) is 2.58. The van der Waals surface area contributed by atoms with Crippen molar-refractivity contribution in [2.24, 2.45) is 0 Å². The topological polar surface area (TPSA) is 36.3 Å². The van der Waals surface area contributed by atoms with Gasteiger partial charge in [-0.2, -0.15) is 0 Å². The van der Waals surface area contributed by atoms with E-state index in [0.29, 0.717) is 18.2 Å². The van der Waals surface area contributed by atoms with Gasteiger partial charge in [0.05, 0.1) is 17.6 Å². The molecule has 0 fully saturated rings. The Bertz CT molecular complexity index is 510. The summed E-state index contributed by atoms with van der Waals surface area (Å²) in [7, 11) is 3.34. The second-order valence-electron chi connectivity index (χ2n) is 3.74. The highest BCUT2D eigenvalue weighted by atomic mass is 35.5. The van der Waals surface area contributed by atoms with Gasteiger partial charge in [0.1, 0.15) is 12.4 Å². The third kappa shape index (κ3) is 2.60. The quantitative estimate of drug-likeness (QED) is 0.823. The number of fused-ring (bicyclic) bond motifs is 1. The van der Waals surface area contributed by atoms with Crippen LogP contribution in [0.2, 0.25) is 5.02 Å². The van der Waals surface area contributed by atoms with Crippen LogP contribution in [0.5, 0.6) is 0 Å². The first-order chi connectivity index (χ1) is 8.26. The number of benzene rings is 1. The number of ether oxygens (including phenoxy) is 2.